The molecule has 0 saturated carbocycles. The molecular formula is C41H28N2O3S4. The highest BCUT2D eigenvalue weighted by Crippen LogP contribution is 2.49. The Morgan fingerprint density at radius 2 is 1.50 bits per heavy atom. The summed E-state index contributed by atoms with van der Waals surface area (Å²) in [6.45, 7) is 4.22. The Hall–Kier alpha value is -4.80. The summed E-state index contributed by atoms with van der Waals surface area (Å²) in [5.74, 6) is -1.45. The molecule has 1 aliphatic heterocycles. The summed E-state index contributed by atoms with van der Waals surface area (Å²) in [7, 11) is 0. The Bertz CT molecular complexity index is 2620. The highest BCUT2D eigenvalue weighted by molar-refractivity contribution is 8.26. The van der Waals surface area contributed by atoms with Crippen molar-refractivity contribution in [3.05, 3.63) is 130 Å². The number of benzene rings is 4. The van der Waals surface area contributed by atoms with Crippen LogP contribution in [0, 0.1) is 0 Å². The number of rotatable bonds is 6. The number of para-hydroxylation sites is 1. The first-order valence-electron chi connectivity index (χ1n) is 16.1. The van der Waals surface area contributed by atoms with Crippen molar-refractivity contribution in [3.8, 4) is 37.0 Å². The van der Waals surface area contributed by atoms with Crippen LogP contribution in [-0.2, 0) is 15.0 Å². The van der Waals surface area contributed by atoms with Gasteiger partial charge in [0.05, 0.1) is 15.9 Å². The van der Waals surface area contributed by atoms with Crippen molar-refractivity contribution < 1.29 is 14.7 Å². The normalized spacial score (nSPS) is 15.8. The number of nitrogens with zero attached hydrogens (tertiary/aromatic N) is 2. The maximum atomic E-state index is 12.8. The number of hydrogen-bond donors (Lipinski definition) is 1. The predicted molar refractivity (Wildman–Crippen MR) is 212 cm³/mol. The number of carboxylic acid groups (broad SMARTS) is 1. The molecule has 1 aliphatic carbocycles. The van der Waals surface area contributed by atoms with Gasteiger partial charge in [-0.05, 0) is 88.5 Å². The van der Waals surface area contributed by atoms with E-state index in [1.807, 2.05) is 6.07 Å². The first-order chi connectivity index (χ1) is 24.2. The van der Waals surface area contributed by atoms with Crippen molar-refractivity contribution in [1.82, 2.24) is 9.47 Å². The lowest BCUT2D eigenvalue weighted by atomic mass is 9.82. The smallest absolute Gasteiger partial charge is 0.323 e. The van der Waals surface area contributed by atoms with Crippen LogP contribution in [0.25, 0.3) is 64.9 Å². The fourth-order valence-corrected chi connectivity index (χ4v) is 10.7. The fourth-order valence-electron chi connectivity index (χ4n) is 7.32. The zero-order chi connectivity index (χ0) is 34.3. The van der Waals surface area contributed by atoms with Crippen LogP contribution in [0.1, 0.15) is 29.9 Å². The zero-order valence-corrected chi connectivity index (χ0v) is 30.2. The van der Waals surface area contributed by atoms with E-state index in [1.54, 1.807) is 28.7 Å². The van der Waals surface area contributed by atoms with Crippen LogP contribution < -0.4 is 0 Å². The molecular weight excluding hydrogens is 697 g/mol. The number of thiophene rings is 2. The molecule has 1 N–H and O–H groups in total. The van der Waals surface area contributed by atoms with E-state index in [1.165, 1.54) is 60.2 Å². The molecule has 2 aliphatic rings. The van der Waals surface area contributed by atoms with Gasteiger partial charge in [-0.15, -0.1) is 22.7 Å². The number of fused-ring (bicyclic) bond motifs is 6. The van der Waals surface area contributed by atoms with Gasteiger partial charge in [0.15, 0.2) is 0 Å². The number of thiocarbonyl (C=S) groups is 1. The molecule has 0 spiro atoms. The first-order valence-corrected chi connectivity index (χ1v) is 19.0. The van der Waals surface area contributed by atoms with Gasteiger partial charge in [0.2, 0.25) is 0 Å². The van der Waals surface area contributed by atoms with Crippen LogP contribution in [0.4, 0.5) is 0 Å². The Labute approximate surface area is 306 Å². The minimum atomic E-state index is -1.09. The van der Waals surface area contributed by atoms with Gasteiger partial charge in [0, 0.05) is 41.4 Å². The molecule has 1 saturated heterocycles. The predicted octanol–water partition coefficient (Wildman–Crippen LogP) is 10.8. The molecule has 50 heavy (non-hydrogen) atoms. The molecule has 0 unspecified atom stereocenters. The zero-order valence-electron chi connectivity index (χ0n) is 27.0. The summed E-state index contributed by atoms with van der Waals surface area (Å²) in [5.41, 5.74) is 10.0. The largest absolute Gasteiger partial charge is 0.480 e. The molecule has 0 atom stereocenters. The number of aromatic nitrogens is 1. The molecule has 1 amide bonds. The maximum Gasteiger partial charge on any atom is 0.323 e. The van der Waals surface area contributed by atoms with E-state index in [2.05, 4.69) is 122 Å². The topological polar surface area (TPSA) is 62.5 Å². The van der Waals surface area contributed by atoms with Crippen molar-refractivity contribution in [2.75, 3.05) is 6.54 Å². The Kier molecular flexibility index (Phi) is 7.26. The Morgan fingerprint density at radius 1 is 0.780 bits per heavy atom. The highest BCUT2D eigenvalue weighted by atomic mass is 32.2. The van der Waals surface area contributed by atoms with Crippen LogP contribution in [0.15, 0.2) is 114 Å². The molecule has 4 aromatic carbocycles. The third-order valence-corrected chi connectivity index (χ3v) is 13.4. The molecule has 5 nitrogen and oxygen atoms in total. The minimum absolute atomic E-state index is 0.0750. The van der Waals surface area contributed by atoms with Crippen molar-refractivity contribution in [1.29, 1.82) is 0 Å². The Balaban J connectivity index is 1.05. The van der Waals surface area contributed by atoms with E-state index in [-0.39, 0.29) is 15.6 Å². The number of thioether (sulfide) groups is 1. The highest BCUT2D eigenvalue weighted by Gasteiger charge is 2.36. The van der Waals surface area contributed by atoms with Gasteiger partial charge in [-0.1, -0.05) is 92.4 Å². The second kappa shape index (κ2) is 11.6. The summed E-state index contributed by atoms with van der Waals surface area (Å²) in [6.07, 6.45) is 1.80. The van der Waals surface area contributed by atoms with Gasteiger partial charge in [0.1, 0.15) is 10.9 Å². The fraction of sp³-hybridized carbons (Fsp3) is 0.0976. The second-order valence-corrected chi connectivity index (χ2v) is 16.9. The maximum absolute atomic E-state index is 12.8. The molecule has 0 bridgehead atoms. The van der Waals surface area contributed by atoms with Crippen LogP contribution >= 0.6 is 46.7 Å². The number of aliphatic carboxylic acids is 1. The average molecular weight is 725 g/mol. The quantitative estimate of drug-likeness (QED) is 0.137. The minimum Gasteiger partial charge on any atom is -0.480 e. The summed E-state index contributed by atoms with van der Waals surface area (Å²) in [6, 6.07) is 39.5. The van der Waals surface area contributed by atoms with Gasteiger partial charge in [-0.25, -0.2) is 0 Å². The SMILES string of the molecule is CC1(C)c2ccccc2-c2ccc(-n3c4ccccc4c4cc(-c5ccc(-c6ccc(/C=C7\SC(=S)N(CC(=O)O)C7=O)s6)s5)ccc43)cc21. The van der Waals surface area contributed by atoms with Crippen LogP contribution in [-0.4, -0.2) is 37.3 Å². The monoisotopic (exact) mass is 724 g/mol. The van der Waals surface area contributed by atoms with Gasteiger partial charge < -0.3 is 9.67 Å². The molecule has 0 radical (unpaired) electrons. The first kappa shape index (κ1) is 31.2. The van der Waals surface area contributed by atoms with E-state index < -0.39 is 12.5 Å². The van der Waals surface area contributed by atoms with E-state index in [9.17, 15) is 9.59 Å². The molecule has 244 valence electrons. The van der Waals surface area contributed by atoms with E-state index in [0.29, 0.717) is 4.91 Å². The van der Waals surface area contributed by atoms with Crippen molar-refractivity contribution in [2.45, 2.75) is 19.3 Å². The number of carboxylic acids is 1. The number of carbonyl (C=O) groups excluding carboxylic acids is 1. The third kappa shape index (κ3) is 4.91. The van der Waals surface area contributed by atoms with Gasteiger partial charge in [-0.2, -0.15) is 0 Å². The lowest BCUT2D eigenvalue weighted by Gasteiger charge is -2.22. The van der Waals surface area contributed by atoms with E-state index >= 15 is 0 Å². The average Bonchev–Trinajstić information content (AvgIpc) is 3.93. The number of amides is 1. The molecule has 9 rings (SSSR count). The van der Waals surface area contributed by atoms with Crippen molar-refractivity contribution in [3.63, 3.8) is 0 Å². The lowest BCUT2D eigenvalue weighted by Crippen LogP contribution is -2.33. The van der Waals surface area contributed by atoms with E-state index in [0.717, 1.165) is 31.3 Å². The summed E-state index contributed by atoms with van der Waals surface area (Å²) in [5, 5.41) is 11.6. The van der Waals surface area contributed by atoms with Gasteiger partial charge in [-0.3, -0.25) is 14.5 Å². The van der Waals surface area contributed by atoms with Gasteiger partial charge in [0.25, 0.3) is 5.91 Å². The third-order valence-electron chi connectivity index (χ3n) is 9.70. The molecule has 9 heteroatoms. The molecule has 3 aromatic heterocycles. The van der Waals surface area contributed by atoms with Crippen LogP contribution in [0.3, 0.4) is 0 Å². The standard InChI is InChI=1S/C41H28N2O3S4/c1-41(2)30-9-5-3-7-26(30)27-14-12-24(20-31(27)41)43-32-10-6-4-8-28(32)29-19-23(11-15-33(29)43)34-17-18-36(49-34)35-16-13-25(48-35)21-37-39(46)42(22-38(44)45)40(47)50-37/h3-21H,22H2,1-2H3,(H,44,45)/b37-21-. The Morgan fingerprint density at radius 3 is 2.36 bits per heavy atom. The lowest BCUT2D eigenvalue weighted by molar-refractivity contribution is -0.140. The molecule has 4 heterocycles. The summed E-state index contributed by atoms with van der Waals surface area (Å²) in [4.78, 5) is 29.8. The molecule has 7 aromatic rings. The van der Waals surface area contributed by atoms with Crippen molar-refractivity contribution >= 4 is 90.7 Å². The second-order valence-electron chi connectivity index (χ2n) is 13.0. The van der Waals surface area contributed by atoms with Crippen molar-refractivity contribution in [2.24, 2.45) is 0 Å². The van der Waals surface area contributed by atoms with Crippen LogP contribution in [0.2, 0.25) is 0 Å². The van der Waals surface area contributed by atoms with Gasteiger partial charge >= 0.3 is 5.97 Å². The van der Waals surface area contributed by atoms with E-state index in [4.69, 9.17) is 17.3 Å². The number of hydrogen-bond acceptors (Lipinski definition) is 6. The van der Waals surface area contributed by atoms with Crippen LogP contribution in [0.5, 0.6) is 0 Å². The number of carbonyl (C=O) groups is 2. The summed E-state index contributed by atoms with van der Waals surface area (Å²) >= 11 is 9.73. The molecule has 1 fully saturated rings. The summed E-state index contributed by atoms with van der Waals surface area (Å²) < 4.78 is 2.67.